The Kier molecular flexibility index (Phi) is 8.03. The summed E-state index contributed by atoms with van der Waals surface area (Å²) in [7, 11) is 6.18. The van der Waals surface area contributed by atoms with Gasteiger partial charge in [-0.1, -0.05) is 13.8 Å². The molecule has 142 valence electrons. The maximum Gasteiger partial charge on any atom is 0.191 e. The SMILES string of the molecule is CN=C(NCC(CC(C)C)N(C)C)NC1CCN(c2cccs2)CC1. The van der Waals surface area contributed by atoms with Gasteiger partial charge in [0.1, 0.15) is 0 Å². The Morgan fingerprint density at radius 1 is 1.36 bits per heavy atom. The zero-order chi connectivity index (χ0) is 18.2. The molecule has 1 unspecified atom stereocenters. The minimum Gasteiger partial charge on any atom is -0.363 e. The summed E-state index contributed by atoms with van der Waals surface area (Å²) >= 11 is 1.83. The second-order valence-electron chi connectivity index (χ2n) is 7.56. The van der Waals surface area contributed by atoms with Gasteiger partial charge in [-0.3, -0.25) is 4.99 Å². The zero-order valence-corrected chi connectivity index (χ0v) is 17.3. The monoisotopic (exact) mass is 365 g/mol. The van der Waals surface area contributed by atoms with E-state index >= 15 is 0 Å². The third-order valence-corrected chi connectivity index (χ3v) is 5.79. The van der Waals surface area contributed by atoms with Crippen molar-refractivity contribution >= 4 is 22.3 Å². The Hall–Kier alpha value is -1.27. The summed E-state index contributed by atoms with van der Waals surface area (Å²) in [4.78, 5) is 9.22. The van der Waals surface area contributed by atoms with Crippen LogP contribution >= 0.6 is 11.3 Å². The molecule has 0 saturated carbocycles. The lowest BCUT2D eigenvalue weighted by molar-refractivity contribution is 0.254. The number of hydrogen-bond acceptors (Lipinski definition) is 4. The average Bonchev–Trinajstić information content (AvgIpc) is 3.12. The number of nitrogens with zero attached hydrogens (tertiary/aromatic N) is 3. The van der Waals surface area contributed by atoms with Crippen LogP contribution < -0.4 is 15.5 Å². The Bertz CT molecular complexity index is 504. The fourth-order valence-electron chi connectivity index (χ4n) is 3.32. The summed E-state index contributed by atoms with van der Waals surface area (Å²) in [6, 6.07) is 5.38. The van der Waals surface area contributed by atoms with E-state index in [4.69, 9.17) is 0 Å². The van der Waals surface area contributed by atoms with Gasteiger partial charge in [0.05, 0.1) is 5.00 Å². The highest BCUT2D eigenvalue weighted by Gasteiger charge is 2.21. The molecule has 0 spiro atoms. The van der Waals surface area contributed by atoms with Gasteiger partial charge < -0.3 is 20.4 Å². The molecule has 0 bridgehead atoms. The third kappa shape index (κ3) is 6.51. The largest absolute Gasteiger partial charge is 0.363 e. The van der Waals surface area contributed by atoms with Crippen LogP contribution in [0.15, 0.2) is 22.5 Å². The van der Waals surface area contributed by atoms with Crippen molar-refractivity contribution < 1.29 is 0 Å². The standard InChI is InChI=1S/C19H35N5S/c1-15(2)13-17(23(4)5)14-21-19(20-3)22-16-8-10-24(11-9-16)18-7-6-12-25-18/h6-7,12,15-17H,8-11,13-14H2,1-5H3,(H2,20,21,22). The van der Waals surface area contributed by atoms with Crippen LogP contribution in [-0.4, -0.2) is 63.7 Å². The van der Waals surface area contributed by atoms with Crippen LogP contribution in [0.25, 0.3) is 0 Å². The highest BCUT2D eigenvalue weighted by molar-refractivity contribution is 7.14. The van der Waals surface area contributed by atoms with Crippen molar-refractivity contribution in [2.45, 2.75) is 45.2 Å². The van der Waals surface area contributed by atoms with Crippen molar-refractivity contribution in [1.29, 1.82) is 0 Å². The van der Waals surface area contributed by atoms with Crippen LogP contribution in [0.4, 0.5) is 5.00 Å². The van der Waals surface area contributed by atoms with E-state index in [0.29, 0.717) is 18.0 Å². The van der Waals surface area contributed by atoms with Crippen molar-refractivity contribution in [2.24, 2.45) is 10.9 Å². The summed E-state index contributed by atoms with van der Waals surface area (Å²) in [6.07, 6.45) is 3.50. The summed E-state index contributed by atoms with van der Waals surface area (Å²) < 4.78 is 0. The molecule has 0 aromatic carbocycles. The number of nitrogens with one attached hydrogen (secondary N) is 2. The van der Waals surface area contributed by atoms with E-state index in [1.807, 2.05) is 18.4 Å². The molecule has 2 N–H and O–H groups in total. The van der Waals surface area contributed by atoms with Crippen LogP contribution in [0.5, 0.6) is 0 Å². The number of hydrogen-bond donors (Lipinski definition) is 2. The predicted octanol–water partition coefficient (Wildman–Crippen LogP) is 2.86. The first-order chi connectivity index (χ1) is 12.0. The maximum absolute atomic E-state index is 4.43. The Morgan fingerprint density at radius 2 is 2.08 bits per heavy atom. The lowest BCUT2D eigenvalue weighted by Crippen LogP contribution is -2.51. The number of guanidine groups is 1. The molecule has 0 radical (unpaired) electrons. The van der Waals surface area contributed by atoms with Crippen molar-refractivity contribution in [2.75, 3.05) is 45.7 Å². The Morgan fingerprint density at radius 3 is 2.60 bits per heavy atom. The fourth-order valence-corrected chi connectivity index (χ4v) is 4.10. The van der Waals surface area contributed by atoms with Crippen LogP contribution in [-0.2, 0) is 0 Å². The van der Waals surface area contributed by atoms with E-state index in [-0.39, 0.29) is 0 Å². The molecule has 2 rings (SSSR count). The molecule has 1 atom stereocenters. The van der Waals surface area contributed by atoms with Crippen LogP contribution in [0.2, 0.25) is 0 Å². The first-order valence-electron chi connectivity index (χ1n) is 9.41. The Labute approximate surface area is 157 Å². The molecule has 1 aromatic rings. The average molecular weight is 366 g/mol. The van der Waals surface area contributed by atoms with E-state index in [1.54, 1.807) is 0 Å². The molecule has 25 heavy (non-hydrogen) atoms. The van der Waals surface area contributed by atoms with Crippen molar-refractivity contribution in [3.8, 4) is 0 Å². The molecule has 0 amide bonds. The fraction of sp³-hybridized carbons (Fsp3) is 0.737. The predicted molar refractivity (Wildman–Crippen MR) is 111 cm³/mol. The van der Waals surface area contributed by atoms with Gasteiger partial charge in [0.15, 0.2) is 5.96 Å². The number of likely N-dealkylation sites (N-methyl/N-ethyl adjacent to an activating group) is 1. The van der Waals surface area contributed by atoms with Gasteiger partial charge in [0, 0.05) is 38.8 Å². The first kappa shape index (κ1) is 20.0. The molecule has 1 aliphatic heterocycles. The highest BCUT2D eigenvalue weighted by Crippen LogP contribution is 2.24. The van der Waals surface area contributed by atoms with Gasteiger partial charge in [0.2, 0.25) is 0 Å². The summed E-state index contributed by atoms with van der Waals surface area (Å²) in [5.74, 6) is 1.64. The maximum atomic E-state index is 4.43. The minimum atomic E-state index is 0.505. The van der Waals surface area contributed by atoms with Crippen molar-refractivity contribution in [1.82, 2.24) is 15.5 Å². The molecule has 0 aliphatic carbocycles. The molecule has 1 fully saturated rings. The number of rotatable bonds is 7. The number of aliphatic imine (C=N–C) groups is 1. The normalized spacial score (nSPS) is 18.0. The number of piperidine rings is 1. The van der Waals surface area contributed by atoms with E-state index in [9.17, 15) is 0 Å². The van der Waals surface area contributed by atoms with Crippen LogP contribution in [0, 0.1) is 5.92 Å². The number of thiophene rings is 1. The molecular weight excluding hydrogens is 330 g/mol. The van der Waals surface area contributed by atoms with Crippen LogP contribution in [0.1, 0.15) is 33.1 Å². The molecule has 1 aliphatic rings. The van der Waals surface area contributed by atoms with Gasteiger partial charge in [-0.2, -0.15) is 0 Å². The van der Waals surface area contributed by atoms with E-state index < -0.39 is 0 Å². The second kappa shape index (κ2) is 10.0. The van der Waals surface area contributed by atoms with E-state index in [1.165, 1.54) is 11.4 Å². The minimum absolute atomic E-state index is 0.505. The zero-order valence-electron chi connectivity index (χ0n) is 16.5. The summed E-state index contributed by atoms with van der Waals surface area (Å²) in [5, 5.41) is 10.7. The van der Waals surface area contributed by atoms with Gasteiger partial charge in [0.25, 0.3) is 0 Å². The topological polar surface area (TPSA) is 42.9 Å². The lowest BCUT2D eigenvalue weighted by Gasteiger charge is -2.34. The Balaban J connectivity index is 1.76. The lowest BCUT2D eigenvalue weighted by atomic mass is 10.0. The summed E-state index contributed by atoms with van der Waals surface area (Å²) in [5.41, 5.74) is 0. The quantitative estimate of drug-likeness (QED) is 0.576. The first-order valence-corrected chi connectivity index (χ1v) is 10.3. The molecule has 5 nitrogen and oxygen atoms in total. The van der Waals surface area contributed by atoms with E-state index in [2.05, 4.69) is 70.9 Å². The highest BCUT2D eigenvalue weighted by atomic mass is 32.1. The second-order valence-corrected chi connectivity index (χ2v) is 8.48. The van der Waals surface area contributed by atoms with Crippen molar-refractivity contribution in [3.05, 3.63) is 17.5 Å². The molecule has 1 aromatic heterocycles. The molecule has 1 saturated heterocycles. The van der Waals surface area contributed by atoms with Crippen LogP contribution in [0.3, 0.4) is 0 Å². The molecule has 6 heteroatoms. The smallest absolute Gasteiger partial charge is 0.191 e. The third-order valence-electron chi connectivity index (χ3n) is 4.86. The van der Waals surface area contributed by atoms with Gasteiger partial charge in [-0.15, -0.1) is 11.3 Å². The molecular formula is C19H35N5S. The molecule has 2 heterocycles. The van der Waals surface area contributed by atoms with E-state index in [0.717, 1.165) is 38.4 Å². The van der Waals surface area contributed by atoms with Gasteiger partial charge in [-0.05, 0) is 56.8 Å². The van der Waals surface area contributed by atoms with Gasteiger partial charge >= 0.3 is 0 Å². The summed E-state index contributed by atoms with van der Waals surface area (Å²) in [6.45, 7) is 7.72. The van der Waals surface area contributed by atoms with Gasteiger partial charge in [-0.25, -0.2) is 0 Å². The van der Waals surface area contributed by atoms with Crippen molar-refractivity contribution in [3.63, 3.8) is 0 Å². The number of anilines is 1.